The molecular weight excluding hydrogens is 212 g/mol. The summed E-state index contributed by atoms with van der Waals surface area (Å²) in [7, 11) is 0. The van der Waals surface area contributed by atoms with Gasteiger partial charge in [0.25, 0.3) is 0 Å². The van der Waals surface area contributed by atoms with Crippen molar-refractivity contribution in [3.05, 3.63) is 35.9 Å². The third-order valence-electron chi connectivity index (χ3n) is 3.41. The fourth-order valence-electron chi connectivity index (χ4n) is 2.07. The molecule has 1 fully saturated rings. The Morgan fingerprint density at radius 2 is 1.88 bits per heavy atom. The molecule has 1 unspecified atom stereocenters. The lowest BCUT2D eigenvalue weighted by atomic mass is 9.77. The molecule has 0 amide bonds. The van der Waals surface area contributed by atoms with Crippen LogP contribution >= 0.6 is 0 Å². The van der Waals surface area contributed by atoms with Crippen LogP contribution in [0.2, 0.25) is 0 Å². The summed E-state index contributed by atoms with van der Waals surface area (Å²) < 4.78 is 5.54. The molecule has 1 saturated heterocycles. The lowest BCUT2D eigenvalue weighted by molar-refractivity contribution is 0.244. The number of benzene rings is 1. The Morgan fingerprint density at radius 1 is 1.29 bits per heavy atom. The van der Waals surface area contributed by atoms with E-state index >= 15 is 0 Å². The molecule has 86 valence electrons. The average Bonchev–Trinajstić information content (AvgIpc) is 3.18. The Morgan fingerprint density at radius 3 is 2.29 bits per heavy atom. The zero-order valence-corrected chi connectivity index (χ0v) is 9.81. The second-order valence-electron chi connectivity index (χ2n) is 4.49. The van der Waals surface area contributed by atoms with Crippen molar-refractivity contribution in [2.75, 3.05) is 6.61 Å². The molecule has 3 nitrogen and oxygen atoms in total. The summed E-state index contributed by atoms with van der Waals surface area (Å²) >= 11 is 0. The molecule has 2 rings (SSSR count). The topological polar surface area (TPSA) is 60.1 Å². The van der Waals surface area contributed by atoms with Crippen LogP contribution in [0.3, 0.4) is 0 Å². The van der Waals surface area contributed by atoms with E-state index in [4.69, 9.17) is 4.74 Å². The lowest BCUT2D eigenvalue weighted by Gasteiger charge is -2.21. The minimum atomic E-state index is -0.938. The first-order chi connectivity index (χ1) is 8.20. The smallest absolute Gasteiger partial charge is 0.146 e. The summed E-state index contributed by atoms with van der Waals surface area (Å²) in [4.78, 5) is 0. The maximum absolute atomic E-state index is 9.19. The van der Waals surface area contributed by atoms with E-state index in [0.29, 0.717) is 19.4 Å². The molecular formula is C14H14N2O. The van der Waals surface area contributed by atoms with Crippen molar-refractivity contribution >= 4 is 0 Å². The van der Waals surface area contributed by atoms with Gasteiger partial charge in [0.2, 0.25) is 0 Å². The van der Waals surface area contributed by atoms with E-state index in [9.17, 15) is 10.5 Å². The molecule has 1 aliphatic heterocycles. The quantitative estimate of drug-likeness (QED) is 0.741. The van der Waals surface area contributed by atoms with Crippen molar-refractivity contribution < 1.29 is 4.74 Å². The van der Waals surface area contributed by atoms with Crippen LogP contribution in [0.4, 0.5) is 0 Å². The van der Waals surface area contributed by atoms with Crippen molar-refractivity contribution in [3.63, 3.8) is 0 Å². The predicted molar refractivity (Wildman–Crippen MR) is 62.6 cm³/mol. The van der Waals surface area contributed by atoms with Crippen molar-refractivity contribution in [1.82, 2.24) is 0 Å². The van der Waals surface area contributed by atoms with E-state index in [2.05, 4.69) is 12.1 Å². The summed E-state index contributed by atoms with van der Waals surface area (Å²) in [5.74, 6) is 0. The minimum absolute atomic E-state index is 0.414. The fourth-order valence-corrected chi connectivity index (χ4v) is 2.07. The Labute approximate surface area is 101 Å². The summed E-state index contributed by atoms with van der Waals surface area (Å²) in [5, 5.41) is 18.4. The number of nitrogens with zero attached hydrogens (tertiary/aromatic N) is 2. The molecule has 3 heteroatoms. The average molecular weight is 226 g/mol. The molecule has 1 aromatic carbocycles. The predicted octanol–water partition coefficient (Wildman–Crippen LogP) is 2.75. The van der Waals surface area contributed by atoms with Crippen molar-refractivity contribution in [2.24, 2.45) is 5.41 Å². The van der Waals surface area contributed by atoms with E-state index in [1.165, 1.54) is 0 Å². The maximum Gasteiger partial charge on any atom is 0.146 e. The van der Waals surface area contributed by atoms with Gasteiger partial charge >= 0.3 is 0 Å². The molecule has 0 radical (unpaired) electrons. The molecule has 1 atom stereocenters. The van der Waals surface area contributed by atoms with Crippen LogP contribution in [0.25, 0.3) is 0 Å². The van der Waals surface area contributed by atoms with Gasteiger partial charge in [-0.25, -0.2) is 0 Å². The first-order valence-corrected chi connectivity index (χ1v) is 5.72. The first kappa shape index (κ1) is 11.6. The number of hydrogen-bond donors (Lipinski definition) is 0. The van der Waals surface area contributed by atoms with E-state index in [-0.39, 0.29) is 0 Å². The monoisotopic (exact) mass is 226 g/mol. The molecule has 1 heterocycles. The molecule has 1 aliphatic rings. The SMILES string of the molecule is CCC(C#N)(C#N)CC1(c2ccccc2)CO1. The van der Waals surface area contributed by atoms with Gasteiger partial charge in [-0.05, 0) is 12.0 Å². The van der Waals surface area contributed by atoms with E-state index in [0.717, 1.165) is 5.56 Å². The summed E-state index contributed by atoms with van der Waals surface area (Å²) in [6.07, 6.45) is 0.978. The Bertz CT molecular complexity index is 463. The van der Waals surface area contributed by atoms with Crippen LogP contribution in [0, 0.1) is 28.1 Å². The third kappa shape index (κ3) is 2.02. The molecule has 0 spiro atoms. The number of hydrogen-bond acceptors (Lipinski definition) is 3. The number of rotatable bonds is 4. The second-order valence-corrected chi connectivity index (χ2v) is 4.49. The van der Waals surface area contributed by atoms with Gasteiger partial charge < -0.3 is 4.74 Å². The number of nitriles is 2. The molecule has 1 aromatic rings. The fraction of sp³-hybridized carbons (Fsp3) is 0.429. The normalized spacial score (nSPS) is 22.5. The Balaban J connectivity index is 2.26. The van der Waals surface area contributed by atoms with E-state index < -0.39 is 11.0 Å². The van der Waals surface area contributed by atoms with Gasteiger partial charge in [0.1, 0.15) is 11.0 Å². The lowest BCUT2D eigenvalue weighted by Crippen LogP contribution is -2.24. The van der Waals surface area contributed by atoms with Gasteiger partial charge in [0.05, 0.1) is 18.7 Å². The van der Waals surface area contributed by atoms with Crippen molar-refractivity contribution in [3.8, 4) is 12.1 Å². The standard InChI is InChI=1S/C14H14N2O/c1-2-13(9-15,10-16)8-14(11-17-14)12-6-4-3-5-7-12/h3-7H,2,8,11H2,1H3. The van der Waals surface area contributed by atoms with Crippen molar-refractivity contribution in [2.45, 2.75) is 25.4 Å². The van der Waals surface area contributed by atoms with Crippen LogP contribution in [0.15, 0.2) is 30.3 Å². The molecule has 0 saturated carbocycles. The van der Waals surface area contributed by atoms with E-state index in [1.807, 2.05) is 37.3 Å². The molecule has 0 bridgehead atoms. The van der Waals surface area contributed by atoms with E-state index in [1.54, 1.807) is 0 Å². The number of epoxide rings is 1. The summed E-state index contributed by atoms with van der Waals surface area (Å²) in [5.41, 5.74) is -0.293. The van der Waals surface area contributed by atoms with Crippen LogP contribution < -0.4 is 0 Å². The maximum atomic E-state index is 9.19. The van der Waals surface area contributed by atoms with Crippen LogP contribution in [0.5, 0.6) is 0 Å². The zero-order chi connectivity index (χ0) is 12.4. The highest BCUT2D eigenvalue weighted by atomic mass is 16.6. The highest BCUT2D eigenvalue weighted by Gasteiger charge is 2.52. The molecule has 0 aliphatic carbocycles. The van der Waals surface area contributed by atoms with Gasteiger partial charge in [0, 0.05) is 6.42 Å². The highest BCUT2D eigenvalue weighted by Crippen LogP contribution is 2.48. The van der Waals surface area contributed by atoms with Crippen LogP contribution in [-0.2, 0) is 10.3 Å². The van der Waals surface area contributed by atoms with Crippen LogP contribution in [0.1, 0.15) is 25.3 Å². The Hall–Kier alpha value is -1.84. The first-order valence-electron chi connectivity index (χ1n) is 5.72. The zero-order valence-electron chi connectivity index (χ0n) is 9.81. The molecule has 17 heavy (non-hydrogen) atoms. The summed E-state index contributed by atoms with van der Waals surface area (Å²) in [6.45, 7) is 2.47. The summed E-state index contributed by atoms with van der Waals surface area (Å²) in [6, 6.07) is 14.1. The molecule has 0 aromatic heterocycles. The number of ether oxygens (including phenoxy) is 1. The van der Waals surface area contributed by atoms with Gasteiger partial charge in [-0.1, -0.05) is 37.3 Å². The minimum Gasteiger partial charge on any atom is -0.364 e. The van der Waals surface area contributed by atoms with Gasteiger partial charge in [0.15, 0.2) is 0 Å². The highest BCUT2D eigenvalue weighted by molar-refractivity contribution is 5.30. The van der Waals surface area contributed by atoms with Gasteiger partial charge in [-0.2, -0.15) is 10.5 Å². The van der Waals surface area contributed by atoms with Gasteiger partial charge in [-0.3, -0.25) is 0 Å². The Kier molecular flexibility index (Phi) is 2.88. The largest absolute Gasteiger partial charge is 0.364 e. The molecule has 0 N–H and O–H groups in total. The third-order valence-corrected chi connectivity index (χ3v) is 3.41. The van der Waals surface area contributed by atoms with Gasteiger partial charge in [-0.15, -0.1) is 0 Å². The second kappa shape index (κ2) is 4.20. The van der Waals surface area contributed by atoms with Crippen molar-refractivity contribution in [1.29, 1.82) is 10.5 Å². The van der Waals surface area contributed by atoms with Crippen LogP contribution in [-0.4, -0.2) is 6.61 Å².